The van der Waals surface area contributed by atoms with E-state index in [0.29, 0.717) is 6.61 Å². The van der Waals surface area contributed by atoms with Gasteiger partial charge >= 0.3 is 0 Å². The van der Waals surface area contributed by atoms with Crippen LogP contribution in [0.5, 0.6) is 5.75 Å². The second-order valence-corrected chi connectivity index (χ2v) is 6.05. The molecule has 3 N–H and O–H groups in total. The fraction of sp³-hybridized carbons (Fsp3) is 0.588. The molecular weight excluding hydrogens is 262 g/mol. The van der Waals surface area contributed by atoms with Crippen LogP contribution in [0.4, 0.5) is 0 Å². The van der Waals surface area contributed by atoms with E-state index >= 15 is 0 Å². The highest BCUT2D eigenvalue weighted by molar-refractivity contribution is 5.94. The van der Waals surface area contributed by atoms with Crippen molar-refractivity contribution in [3.8, 4) is 5.75 Å². The van der Waals surface area contributed by atoms with Gasteiger partial charge in [-0.15, -0.1) is 0 Å². The van der Waals surface area contributed by atoms with E-state index < -0.39 is 0 Å². The monoisotopic (exact) mass is 289 g/mol. The molecule has 21 heavy (non-hydrogen) atoms. The Morgan fingerprint density at radius 3 is 2.52 bits per heavy atom. The van der Waals surface area contributed by atoms with E-state index in [1.54, 1.807) is 0 Å². The van der Waals surface area contributed by atoms with Gasteiger partial charge in [-0.3, -0.25) is 5.41 Å². The highest BCUT2D eigenvalue weighted by atomic mass is 16.5. The number of nitrogens with zero attached hydrogens (tertiary/aromatic N) is 1. The Morgan fingerprint density at radius 1 is 1.24 bits per heavy atom. The van der Waals surface area contributed by atoms with Gasteiger partial charge in [0, 0.05) is 18.7 Å². The first-order chi connectivity index (χ1) is 10.1. The molecule has 0 bridgehead atoms. The molecule has 1 aliphatic rings. The number of rotatable bonds is 7. The van der Waals surface area contributed by atoms with Crippen LogP contribution in [0.1, 0.15) is 37.7 Å². The first-order valence-electron chi connectivity index (χ1n) is 7.91. The van der Waals surface area contributed by atoms with E-state index in [1.165, 1.54) is 38.6 Å². The fourth-order valence-electron chi connectivity index (χ4n) is 2.95. The Morgan fingerprint density at radius 2 is 1.90 bits per heavy atom. The molecule has 4 heteroatoms. The molecule has 1 aromatic rings. The zero-order valence-electron chi connectivity index (χ0n) is 13.0. The SMILES string of the molecule is CN(CCOc1ccc(C(=N)N)cc1)CC1CCCCC1. The van der Waals surface area contributed by atoms with Crippen molar-refractivity contribution < 1.29 is 4.74 Å². The molecule has 2 rings (SSSR count). The molecule has 0 amide bonds. The van der Waals surface area contributed by atoms with Crippen molar-refractivity contribution in [3.05, 3.63) is 29.8 Å². The van der Waals surface area contributed by atoms with Crippen LogP contribution in [0.25, 0.3) is 0 Å². The molecule has 0 aliphatic heterocycles. The summed E-state index contributed by atoms with van der Waals surface area (Å²) < 4.78 is 5.75. The molecule has 1 aliphatic carbocycles. The summed E-state index contributed by atoms with van der Waals surface area (Å²) in [7, 11) is 2.18. The Bertz CT molecular complexity index is 438. The van der Waals surface area contributed by atoms with Gasteiger partial charge < -0.3 is 15.4 Å². The van der Waals surface area contributed by atoms with Crippen molar-refractivity contribution >= 4 is 5.84 Å². The molecule has 0 saturated heterocycles. The molecular formula is C17H27N3O. The first-order valence-corrected chi connectivity index (χ1v) is 7.91. The van der Waals surface area contributed by atoms with Gasteiger partial charge in [0.15, 0.2) is 0 Å². The quantitative estimate of drug-likeness (QED) is 0.599. The molecule has 1 aromatic carbocycles. The number of benzene rings is 1. The number of nitrogens with one attached hydrogen (secondary N) is 1. The lowest BCUT2D eigenvalue weighted by Gasteiger charge is -2.26. The van der Waals surface area contributed by atoms with Crippen molar-refractivity contribution in [3.63, 3.8) is 0 Å². The van der Waals surface area contributed by atoms with Gasteiger partial charge in [-0.25, -0.2) is 0 Å². The summed E-state index contributed by atoms with van der Waals surface area (Å²) in [5, 5.41) is 7.35. The molecule has 0 heterocycles. The molecule has 116 valence electrons. The normalized spacial score (nSPS) is 16.1. The second kappa shape index (κ2) is 8.03. The number of amidine groups is 1. The maximum atomic E-state index is 7.35. The lowest BCUT2D eigenvalue weighted by atomic mass is 9.89. The van der Waals surface area contributed by atoms with Crippen molar-refractivity contribution in [1.82, 2.24) is 4.90 Å². The van der Waals surface area contributed by atoms with Crippen LogP contribution in [0.15, 0.2) is 24.3 Å². The fourth-order valence-corrected chi connectivity index (χ4v) is 2.95. The van der Waals surface area contributed by atoms with E-state index in [-0.39, 0.29) is 5.84 Å². The third-order valence-corrected chi connectivity index (χ3v) is 4.20. The van der Waals surface area contributed by atoms with E-state index in [2.05, 4.69) is 11.9 Å². The van der Waals surface area contributed by atoms with Crippen molar-refractivity contribution in [2.75, 3.05) is 26.7 Å². The highest BCUT2D eigenvalue weighted by Crippen LogP contribution is 2.24. The van der Waals surface area contributed by atoms with E-state index in [9.17, 15) is 0 Å². The number of likely N-dealkylation sites (N-methyl/N-ethyl adjacent to an activating group) is 1. The lowest BCUT2D eigenvalue weighted by molar-refractivity contribution is 0.195. The molecule has 0 unspecified atom stereocenters. The maximum Gasteiger partial charge on any atom is 0.122 e. The van der Waals surface area contributed by atoms with Crippen LogP contribution in [0, 0.1) is 11.3 Å². The van der Waals surface area contributed by atoms with Gasteiger partial charge in [-0.1, -0.05) is 19.3 Å². The van der Waals surface area contributed by atoms with Gasteiger partial charge in [0.05, 0.1) is 0 Å². The number of ether oxygens (including phenoxy) is 1. The van der Waals surface area contributed by atoms with Crippen molar-refractivity contribution in [2.45, 2.75) is 32.1 Å². The average Bonchev–Trinajstić information content (AvgIpc) is 2.49. The minimum absolute atomic E-state index is 0.0914. The largest absolute Gasteiger partial charge is 0.492 e. The molecule has 0 radical (unpaired) electrons. The minimum atomic E-state index is 0.0914. The lowest BCUT2D eigenvalue weighted by Crippen LogP contribution is -2.30. The summed E-state index contributed by atoms with van der Waals surface area (Å²) in [6.45, 7) is 2.83. The Balaban J connectivity index is 1.67. The van der Waals surface area contributed by atoms with Crippen LogP contribution in [0.2, 0.25) is 0 Å². The third kappa shape index (κ3) is 5.38. The molecule has 0 aromatic heterocycles. The van der Waals surface area contributed by atoms with Gasteiger partial charge in [-0.2, -0.15) is 0 Å². The van der Waals surface area contributed by atoms with E-state index in [0.717, 1.165) is 23.8 Å². The molecule has 4 nitrogen and oxygen atoms in total. The van der Waals surface area contributed by atoms with E-state index in [1.807, 2.05) is 24.3 Å². The Hall–Kier alpha value is -1.55. The molecule has 0 spiro atoms. The summed E-state index contributed by atoms with van der Waals surface area (Å²) in [5.41, 5.74) is 6.16. The molecule has 1 fully saturated rings. The molecule has 0 atom stereocenters. The van der Waals surface area contributed by atoms with Crippen LogP contribution in [0.3, 0.4) is 0 Å². The summed E-state index contributed by atoms with van der Waals surface area (Å²) >= 11 is 0. The van der Waals surface area contributed by atoms with Crippen LogP contribution >= 0.6 is 0 Å². The standard InChI is InChI=1S/C17H27N3O/c1-20(13-14-5-3-2-4-6-14)11-12-21-16-9-7-15(8-10-16)17(18)19/h7-10,14H,2-6,11-13H2,1H3,(H3,18,19). The minimum Gasteiger partial charge on any atom is -0.492 e. The maximum absolute atomic E-state index is 7.35. The number of hydrogen-bond donors (Lipinski definition) is 2. The third-order valence-electron chi connectivity index (χ3n) is 4.20. The predicted molar refractivity (Wildman–Crippen MR) is 87.0 cm³/mol. The zero-order valence-corrected chi connectivity index (χ0v) is 13.0. The van der Waals surface area contributed by atoms with Crippen LogP contribution in [-0.2, 0) is 0 Å². The van der Waals surface area contributed by atoms with Crippen LogP contribution < -0.4 is 10.5 Å². The number of hydrogen-bond acceptors (Lipinski definition) is 3. The van der Waals surface area contributed by atoms with Crippen molar-refractivity contribution in [2.24, 2.45) is 11.7 Å². The van der Waals surface area contributed by atoms with Gasteiger partial charge in [0.1, 0.15) is 18.2 Å². The summed E-state index contributed by atoms with van der Waals surface area (Å²) in [6, 6.07) is 7.39. The van der Waals surface area contributed by atoms with Gasteiger partial charge in [-0.05, 0) is 50.1 Å². The Labute approximate surface area is 127 Å². The van der Waals surface area contributed by atoms with Crippen LogP contribution in [-0.4, -0.2) is 37.5 Å². The average molecular weight is 289 g/mol. The van der Waals surface area contributed by atoms with E-state index in [4.69, 9.17) is 15.9 Å². The molecule has 1 saturated carbocycles. The van der Waals surface area contributed by atoms with Gasteiger partial charge in [0.25, 0.3) is 0 Å². The topological polar surface area (TPSA) is 62.3 Å². The summed E-state index contributed by atoms with van der Waals surface area (Å²) in [6.07, 6.45) is 6.99. The van der Waals surface area contributed by atoms with Gasteiger partial charge in [0.2, 0.25) is 0 Å². The predicted octanol–water partition coefficient (Wildman–Crippen LogP) is 2.86. The Kier molecular flexibility index (Phi) is 6.05. The zero-order chi connectivity index (χ0) is 15.1. The highest BCUT2D eigenvalue weighted by Gasteiger charge is 2.15. The summed E-state index contributed by atoms with van der Waals surface area (Å²) in [5.74, 6) is 1.80. The first kappa shape index (κ1) is 15.8. The smallest absolute Gasteiger partial charge is 0.122 e. The van der Waals surface area contributed by atoms with Crippen molar-refractivity contribution in [1.29, 1.82) is 5.41 Å². The number of nitrogens with two attached hydrogens (primary N) is 1. The number of nitrogen functional groups attached to an aromatic ring is 1. The summed E-state index contributed by atoms with van der Waals surface area (Å²) in [4.78, 5) is 2.37. The second-order valence-electron chi connectivity index (χ2n) is 6.05.